The largest absolute Gasteiger partial charge is 0.497 e. The van der Waals surface area contributed by atoms with Gasteiger partial charge in [0.15, 0.2) is 0 Å². The summed E-state index contributed by atoms with van der Waals surface area (Å²) in [5.74, 6) is 6.46. The molecule has 0 radical (unpaired) electrons. The molecule has 1 atom stereocenters. The van der Waals surface area contributed by atoms with E-state index in [1.807, 2.05) is 30.3 Å². The highest BCUT2D eigenvalue weighted by Gasteiger charge is 2.48. The van der Waals surface area contributed by atoms with Gasteiger partial charge in [0.1, 0.15) is 17.0 Å². The van der Waals surface area contributed by atoms with Crippen molar-refractivity contribution in [2.75, 3.05) is 26.7 Å². The van der Waals surface area contributed by atoms with Crippen molar-refractivity contribution in [1.29, 1.82) is 0 Å². The van der Waals surface area contributed by atoms with E-state index in [2.05, 4.69) is 27.5 Å². The van der Waals surface area contributed by atoms with Crippen LogP contribution in [0.2, 0.25) is 0 Å². The van der Waals surface area contributed by atoms with Gasteiger partial charge in [-0.05, 0) is 29.8 Å². The van der Waals surface area contributed by atoms with Gasteiger partial charge in [-0.2, -0.15) is 0 Å². The Kier molecular flexibility index (Phi) is 5.09. The first-order valence-electron chi connectivity index (χ1n) is 10.7. The number of hydrogen-bond donors (Lipinski definition) is 2. The van der Waals surface area contributed by atoms with Gasteiger partial charge in [-0.3, -0.25) is 24.7 Å². The molecule has 8 nitrogen and oxygen atoms in total. The Hall–Kier alpha value is -4.12. The number of rotatable bonds is 4. The lowest BCUT2D eigenvalue weighted by atomic mass is 9.85. The zero-order chi connectivity index (χ0) is 23.0. The molecule has 1 fully saturated rings. The minimum atomic E-state index is -1.30. The number of methoxy groups -OCH3 is 1. The van der Waals surface area contributed by atoms with Crippen molar-refractivity contribution >= 4 is 23.6 Å². The fourth-order valence-electron chi connectivity index (χ4n) is 4.33. The minimum Gasteiger partial charge on any atom is -0.497 e. The molecule has 0 unspecified atom stereocenters. The monoisotopic (exact) mass is 442 g/mol. The van der Waals surface area contributed by atoms with Gasteiger partial charge in [0.05, 0.1) is 20.1 Å². The van der Waals surface area contributed by atoms with E-state index in [1.165, 1.54) is 0 Å². The van der Waals surface area contributed by atoms with Gasteiger partial charge in [-0.1, -0.05) is 30.0 Å². The number of ether oxygens (including phenoxy) is 1. The maximum Gasteiger partial charge on any atom is 0.254 e. The van der Waals surface area contributed by atoms with Gasteiger partial charge in [0.2, 0.25) is 11.8 Å². The zero-order valence-corrected chi connectivity index (χ0v) is 18.1. The lowest BCUT2D eigenvalue weighted by Crippen LogP contribution is -2.42. The Labute approximate surface area is 191 Å². The lowest BCUT2D eigenvalue weighted by Gasteiger charge is -2.25. The van der Waals surface area contributed by atoms with Crippen molar-refractivity contribution < 1.29 is 19.1 Å². The standard InChI is InChI=1S/C25H22N4O4/c1-33-19-7-6-18-14-29(23(31)20(18)12-19)15-25(13-21(30)28-24(25)32)9-8-16-2-4-17(5-3-16)22-26-10-11-27-22/h2-7,12H,10-11,13-15H2,1H3,(H,26,27)(H,28,30,32)/t25-/m1/s1. The van der Waals surface area contributed by atoms with Crippen LogP contribution in [-0.2, 0) is 16.1 Å². The third kappa shape index (κ3) is 3.82. The Bertz CT molecular complexity index is 1260. The molecule has 3 heterocycles. The number of carbonyl (C=O) groups is 3. The molecule has 0 spiro atoms. The average molecular weight is 442 g/mol. The molecule has 5 rings (SSSR count). The summed E-state index contributed by atoms with van der Waals surface area (Å²) in [5, 5.41) is 5.58. The number of nitrogens with one attached hydrogen (secondary N) is 2. The third-order valence-electron chi connectivity index (χ3n) is 6.09. The van der Waals surface area contributed by atoms with E-state index in [9.17, 15) is 14.4 Å². The van der Waals surface area contributed by atoms with Crippen molar-refractivity contribution in [3.05, 3.63) is 64.7 Å². The summed E-state index contributed by atoms with van der Waals surface area (Å²) in [4.78, 5) is 43.9. The highest BCUT2D eigenvalue weighted by Crippen LogP contribution is 2.33. The topological polar surface area (TPSA) is 100 Å². The SMILES string of the molecule is COc1ccc2c(c1)C(=O)N(C[C@@]1(C#Cc3ccc(C4=NCCN4)cc3)CC(=O)NC1=O)C2. The molecule has 0 aliphatic carbocycles. The van der Waals surface area contributed by atoms with Crippen molar-refractivity contribution in [1.82, 2.24) is 15.5 Å². The summed E-state index contributed by atoms with van der Waals surface area (Å²) >= 11 is 0. The number of benzene rings is 2. The smallest absolute Gasteiger partial charge is 0.254 e. The Balaban J connectivity index is 1.40. The molecule has 3 aliphatic rings. The second-order valence-electron chi connectivity index (χ2n) is 8.30. The first-order chi connectivity index (χ1) is 16.0. The second kappa shape index (κ2) is 8.10. The lowest BCUT2D eigenvalue weighted by molar-refractivity contribution is -0.127. The van der Waals surface area contributed by atoms with Crippen molar-refractivity contribution in [2.24, 2.45) is 10.4 Å². The van der Waals surface area contributed by atoms with Gasteiger partial charge in [0.25, 0.3) is 5.91 Å². The zero-order valence-electron chi connectivity index (χ0n) is 18.1. The fourth-order valence-corrected chi connectivity index (χ4v) is 4.33. The van der Waals surface area contributed by atoms with Crippen molar-refractivity contribution in [3.8, 4) is 17.6 Å². The van der Waals surface area contributed by atoms with Crippen LogP contribution in [0.1, 0.15) is 33.5 Å². The third-order valence-corrected chi connectivity index (χ3v) is 6.09. The molecule has 8 heteroatoms. The van der Waals surface area contributed by atoms with Crippen LogP contribution >= 0.6 is 0 Å². The van der Waals surface area contributed by atoms with E-state index in [-0.39, 0.29) is 24.8 Å². The number of carbonyl (C=O) groups excluding carboxylic acids is 3. The molecule has 0 saturated carbocycles. The first kappa shape index (κ1) is 20.8. The number of amidine groups is 1. The van der Waals surface area contributed by atoms with Gasteiger partial charge in [0, 0.05) is 36.3 Å². The summed E-state index contributed by atoms with van der Waals surface area (Å²) in [7, 11) is 1.54. The van der Waals surface area contributed by atoms with Crippen LogP contribution in [0.15, 0.2) is 47.5 Å². The van der Waals surface area contributed by atoms with Crippen LogP contribution in [0.4, 0.5) is 0 Å². The first-order valence-corrected chi connectivity index (χ1v) is 10.7. The average Bonchev–Trinajstić information content (AvgIpc) is 3.52. The van der Waals surface area contributed by atoms with Crippen LogP contribution in [0.3, 0.4) is 0 Å². The Morgan fingerprint density at radius 3 is 2.64 bits per heavy atom. The maximum absolute atomic E-state index is 13.0. The van der Waals surface area contributed by atoms with E-state index in [0.717, 1.165) is 30.1 Å². The molecule has 33 heavy (non-hydrogen) atoms. The number of hydrogen-bond acceptors (Lipinski definition) is 6. The summed E-state index contributed by atoms with van der Waals surface area (Å²) < 4.78 is 5.22. The van der Waals surface area contributed by atoms with Crippen LogP contribution < -0.4 is 15.4 Å². The van der Waals surface area contributed by atoms with E-state index in [0.29, 0.717) is 23.4 Å². The fraction of sp³-hybridized carbons (Fsp3) is 0.280. The molecular weight excluding hydrogens is 420 g/mol. The number of nitrogens with zero attached hydrogens (tertiary/aromatic N) is 2. The van der Waals surface area contributed by atoms with Gasteiger partial charge >= 0.3 is 0 Å². The second-order valence-corrected chi connectivity index (χ2v) is 8.30. The summed E-state index contributed by atoms with van der Waals surface area (Å²) in [6.45, 7) is 1.97. The van der Waals surface area contributed by atoms with Crippen LogP contribution in [0, 0.1) is 17.3 Å². The highest BCUT2D eigenvalue weighted by atomic mass is 16.5. The number of amides is 3. The van der Waals surface area contributed by atoms with E-state index in [4.69, 9.17) is 4.74 Å². The Morgan fingerprint density at radius 1 is 1.15 bits per heavy atom. The van der Waals surface area contributed by atoms with Crippen LogP contribution in [0.5, 0.6) is 5.75 Å². The Morgan fingerprint density at radius 2 is 1.97 bits per heavy atom. The predicted octanol–water partition coefficient (Wildman–Crippen LogP) is 1.09. The van der Waals surface area contributed by atoms with Crippen molar-refractivity contribution in [2.45, 2.75) is 13.0 Å². The van der Waals surface area contributed by atoms with Crippen LogP contribution in [0.25, 0.3) is 0 Å². The summed E-state index contributed by atoms with van der Waals surface area (Å²) in [6.07, 6.45) is -0.0823. The predicted molar refractivity (Wildman–Crippen MR) is 121 cm³/mol. The molecule has 2 N–H and O–H groups in total. The maximum atomic E-state index is 13.0. The highest BCUT2D eigenvalue weighted by molar-refractivity contribution is 6.08. The molecular formula is C25H22N4O4. The van der Waals surface area contributed by atoms with E-state index >= 15 is 0 Å². The summed E-state index contributed by atoms with van der Waals surface area (Å²) in [5.41, 5.74) is 1.78. The molecule has 1 saturated heterocycles. The van der Waals surface area contributed by atoms with Gasteiger partial charge in [-0.25, -0.2) is 0 Å². The van der Waals surface area contributed by atoms with Gasteiger partial charge < -0.3 is 15.0 Å². The number of fused-ring (bicyclic) bond motifs is 1. The molecule has 2 aromatic rings. The minimum absolute atomic E-state index is 0.0339. The van der Waals surface area contributed by atoms with E-state index in [1.54, 1.807) is 24.1 Å². The molecule has 3 amide bonds. The summed E-state index contributed by atoms with van der Waals surface area (Å²) in [6, 6.07) is 12.9. The normalized spacial score (nSPS) is 21.2. The molecule has 0 bridgehead atoms. The van der Waals surface area contributed by atoms with Crippen molar-refractivity contribution in [3.63, 3.8) is 0 Å². The van der Waals surface area contributed by atoms with Crippen LogP contribution in [-0.4, -0.2) is 55.2 Å². The number of aliphatic imine (C=N–C) groups is 1. The molecule has 3 aliphatic heterocycles. The molecule has 0 aromatic heterocycles. The molecule has 2 aromatic carbocycles. The van der Waals surface area contributed by atoms with E-state index < -0.39 is 11.3 Å². The molecule has 166 valence electrons. The quantitative estimate of drug-likeness (QED) is 0.545. The van der Waals surface area contributed by atoms with Gasteiger partial charge in [-0.15, -0.1) is 0 Å². The number of imide groups is 1.